The zero-order valence-corrected chi connectivity index (χ0v) is 31.0. The first-order valence-corrected chi connectivity index (χ1v) is 18.0. The SMILES string of the molecule is C=CCN1CC(=O)N2[C@@H](Cc3ccc(O)cc3)C(=O)N(Cc3cccc4c(C(=O)N(C)CCN(C)C)cn(C)c34)C[C@@H]2N1C(=O)CCc1ccccc1. The van der Waals surface area contributed by atoms with Gasteiger partial charge < -0.3 is 29.3 Å². The number of rotatable bonds is 13. The van der Waals surface area contributed by atoms with Crippen molar-refractivity contribution in [3.8, 4) is 5.75 Å². The number of piperazine rings is 1. The van der Waals surface area contributed by atoms with E-state index in [0.717, 1.165) is 34.1 Å². The molecule has 2 saturated heterocycles. The fourth-order valence-electron chi connectivity index (χ4n) is 7.48. The summed E-state index contributed by atoms with van der Waals surface area (Å²) in [6, 6.07) is 21.3. The molecule has 1 N–H and O–H groups in total. The lowest BCUT2D eigenvalue weighted by Gasteiger charge is -2.55. The summed E-state index contributed by atoms with van der Waals surface area (Å²) < 4.78 is 1.93. The van der Waals surface area contributed by atoms with Crippen molar-refractivity contribution in [2.24, 2.45) is 7.05 Å². The Balaban J connectivity index is 1.36. The van der Waals surface area contributed by atoms with Crippen molar-refractivity contribution in [1.29, 1.82) is 0 Å². The number of para-hydroxylation sites is 1. The molecule has 4 aromatic rings. The van der Waals surface area contributed by atoms with Gasteiger partial charge in [0.25, 0.3) is 5.91 Å². The molecule has 2 aliphatic heterocycles. The fourth-order valence-corrected chi connectivity index (χ4v) is 7.48. The Labute approximate surface area is 311 Å². The maximum absolute atomic E-state index is 14.6. The van der Waals surface area contributed by atoms with E-state index in [4.69, 9.17) is 0 Å². The predicted molar refractivity (Wildman–Crippen MR) is 203 cm³/mol. The molecule has 0 saturated carbocycles. The van der Waals surface area contributed by atoms with Gasteiger partial charge in [-0.05, 0) is 49.3 Å². The standard InChI is InChI=1S/C41H49N7O5/c1-6-21-46-28-38(51)47-35(24-30-15-18-32(49)19-16-30)41(53)45(27-36(47)48(46)37(50)20-17-29-11-8-7-9-12-29)25-31-13-10-14-33-34(26-44(5)39(31)33)40(52)43(4)23-22-42(2)3/h6-16,18-19,26,35-36,49H,1,17,20-25,27-28H2,2-5H3/t35-,36-/m0/s1. The summed E-state index contributed by atoms with van der Waals surface area (Å²) in [5.41, 5.74) is 4.07. The lowest BCUT2D eigenvalue weighted by molar-refractivity contribution is -0.205. The summed E-state index contributed by atoms with van der Waals surface area (Å²) in [4.78, 5) is 63.6. The van der Waals surface area contributed by atoms with E-state index < -0.39 is 12.2 Å². The number of fused-ring (bicyclic) bond motifs is 2. The third-order valence-corrected chi connectivity index (χ3v) is 10.2. The first kappa shape index (κ1) is 37.3. The zero-order chi connectivity index (χ0) is 37.8. The van der Waals surface area contributed by atoms with Gasteiger partial charge in [0.1, 0.15) is 18.0 Å². The number of aromatic hydroxyl groups is 1. The van der Waals surface area contributed by atoms with Crippen LogP contribution in [0.1, 0.15) is 33.5 Å². The van der Waals surface area contributed by atoms with E-state index in [9.17, 15) is 24.3 Å². The van der Waals surface area contributed by atoms with Crippen LogP contribution in [0.15, 0.2) is 91.6 Å². The highest BCUT2D eigenvalue weighted by atomic mass is 16.3. The van der Waals surface area contributed by atoms with Crippen molar-refractivity contribution in [3.05, 3.63) is 114 Å². The van der Waals surface area contributed by atoms with Crippen molar-refractivity contribution in [2.75, 3.05) is 53.9 Å². The molecule has 0 radical (unpaired) electrons. The maximum atomic E-state index is 14.6. The number of phenols is 1. The van der Waals surface area contributed by atoms with Crippen LogP contribution in [-0.2, 0) is 40.8 Å². The fraction of sp³-hybridized carbons (Fsp3) is 0.366. The average molecular weight is 720 g/mol. The number of hydrazine groups is 1. The Bertz CT molecular complexity index is 1980. The lowest BCUT2D eigenvalue weighted by Crippen LogP contribution is -2.75. The Hall–Kier alpha value is -5.46. The average Bonchev–Trinajstić information content (AvgIpc) is 3.49. The van der Waals surface area contributed by atoms with Crippen molar-refractivity contribution in [1.82, 2.24) is 34.2 Å². The number of nitrogens with zero attached hydrogens (tertiary/aromatic N) is 7. The summed E-state index contributed by atoms with van der Waals surface area (Å²) in [6.45, 7) is 5.72. The molecule has 2 fully saturated rings. The lowest BCUT2D eigenvalue weighted by atomic mass is 9.97. The third kappa shape index (κ3) is 7.98. The number of amides is 4. The van der Waals surface area contributed by atoms with Crippen LogP contribution >= 0.6 is 0 Å². The van der Waals surface area contributed by atoms with Crippen molar-refractivity contribution in [2.45, 2.75) is 38.0 Å². The Morgan fingerprint density at radius 3 is 2.38 bits per heavy atom. The molecular weight excluding hydrogens is 670 g/mol. The second-order valence-corrected chi connectivity index (χ2v) is 14.2. The second-order valence-electron chi connectivity index (χ2n) is 14.2. The number of phenolic OH excluding ortho intramolecular Hbond substituents is 1. The van der Waals surface area contributed by atoms with Crippen LogP contribution in [0.3, 0.4) is 0 Å². The van der Waals surface area contributed by atoms with E-state index in [1.54, 1.807) is 62.1 Å². The van der Waals surface area contributed by atoms with Gasteiger partial charge in [-0.15, -0.1) is 6.58 Å². The predicted octanol–water partition coefficient (Wildman–Crippen LogP) is 3.50. The van der Waals surface area contributed by atoms with Gasteiger partial charge in [-0.1, -0.05) is 66.7 Å². The Morgan fingerprint density at radius 2 is 1.68 bits per heavy atom. The van der Waals surface area contributed by atoms with Gasteiger partial charge >= 0.3 is 0 Å². The van der Waals surface area contributed by atoms with E-state index >= 15 is 0 Å². The summed E-state index contributed by atoms with van der Waals surface area (Å²) >= 11 is 0. The molecule has 0 unspecified atom stereocenters. The van der Waals surface area contributed by atoms with Gasteiger partial charge in [0.05, 0.1) is 24.2 Å². The number of hydrogen-bond acceptors (Lipinski definition) is 7. The molecule has 2 atom stereocenters. The van der Waals surface area contributed by atoms with Crippen LogP contribution in [0.25, 0.3) is 10.9 Å². The molecular formula is C41H49N7O5. The number of carbonyl (C=O) groups is 4. The van der Waals surface area contributed by atoms with E-state index in [1.165, 1.54) is 0 Å². The van der Waals surface area contributed by atoms with Crippen molar-refractivity contribution >= 4 is 34.5 Å². The van der Waals surface area contributed by atoms with Crippen molar-refractivity contribution in [3.63, 3.8) is 0 Å². The molecule has 12 nitrogen and oxygen atoms in total. The Kier molecular flexibility index (Phi) is 11.3. The van der Waals surface area contributed by atoms with Crippen LogP contribution in [0.5, 0.6) is 5.75 Å². The van der Waals surface area contributed by atoms with Gasteiger partial charge in [0, 0.05) is 64.7 Å². The second kappa shape index (κ2) is 16.1. The minimum Gasteiger partial charge on any atom is -0.508 e. The molecule has 3 aromatic carbocycles. The van der Waals surface area contributed by atoms with Gasteiger partial charge in [-0.2, -0.15) is 0 Å². The van der Waals surface area contributed by atoms with E-state index in [2.05, 4.69) is 6.58 Å². The number of likely N-dealkylation sites (N-methyl/N-ethyl adjacent to an activating group) is 2. The molecule has 1 aromatic heterocycles. The van der Waals surface area contributed by atoms with E-state index in [0.29, 0.717) is 18.5 Å². The van der Waals surface area contributed by atoms with Crippen LogP contribution in [0.4, 0.5) is 0 Å². The molecule has 0 bridgehead atoms. The summed E-state index contributed by atoms with van der Waals surface area (Å²) in [5, 5.41) is 14.1. The van der Waals surface area contributed by atoms with Crippen LogP contribution in [0, 0.1) is 0 Å². The van der Waals surface area contributed by atoms with E-state index in [1.807, 2.05) is 85.3 Å². The number of carbonyl (C=O) groups excluding carboxylic acids is 4. The molecule has 3 heterocycles. The highest BCUT2D eigenvalue weighted by Gasteiger charge is 2.51. The first-order valence-electron chi connectivity index (χ1n) is 18.0. The number of benzene rings is 3. The minimum atomic E-state index is -0.892. The topological polar surface area (TPSA) is 113 Å². The zero-order valence-electron chi connectivity index (χ0n) is 31.0. The third-order valence-electron chi connectivity index (χ3n) is 10.2. The highest BCUT2D eigenvalue weighted by molar-refractivity contribution is 6.07. The monoisotopic (exact) mass is 719 g/mol. The summed E-state index contributed by atoms with van der Waals surface area (Å²) in [6.07, 6.45) is 3.71. The molecule has 278 valence electrons. The van der Waals surface area contributed by atoms with Gasteiger partial charge in [-0.3, -0.25) is 19.2 Å². The highest BCUT2D eigenvalue weighted by Crippen LogP contribution is 2.32. The molecule has 4 amide bonds. The summed E-state index contributed by atoms with van der Waals surface area (Å²) in [7, 11) is 7.64. The quantitative estimate of drug-likeness (QED) is 0.211. The number of hydrogen-bond donors (Lipinski definition) is 1. The number of aromatic nitrogens is 1. The van der Waals surface area contributed by atoms with E-state index in [-0.39, 0.29) is 68.4 Å². The normalized spacial score (nSPS) is 17.8. The smallest absolute Gasteiger partial charge is 0.255 e. The Morgan fingerprint density at radius 1 is 0.943 bits per heavy atom. The largest absolute Gasteiger partial charge is 0.508 e. The first-order chi connectivity index (χ1) is 25.5. The maximum Gasteiger partial charge on any atom is 0.255 e. The van der Waals surface area contributed by atoms with Crippen LogP contribution in [0.2, 0.25) is 0 Å². The van der Waals surface area contributed by atoms with Crippen molar-refractivity contribution < 1.29 is 24.3 Å². The minimum absolute atomic E-state index is 0.0680. The molecule has 0 aliphatic carbocycles. The number of aryl methyl sites for hydroxylation is 2. The van der Waals surface area contributed by atoms with Gasteiger partial charge in [-0.25, -0.2) is 10.0 Å². The molecule has 53 heavy (non-hydrogen) atoms. The molecule has 12 heteroatoms. The molecule has 0 spiro atoms. The van der Waals surface area contributed by atoms with Gasteiger partial charge in [0.2, 0.25) is 17.7 Å². The molecule has 2 aliphatic rings. The molecule has 6 rings (SSSR count). The van der Waals surface area contributed by atoms with Gasteiger partial charge in [0.15, 0.2) is 0 Å². The summed E-state index contributed by atoms with van der Waals surface area (Å²) in [5.74, 6) is -0.609. The van der Waals surface area contributed by atoms with Crippen LogP contribution in [-0.4, -0.2) is 129 Å². The van der Waals surface area contributed by atoms with Crippen LogP contribution < -0.4 is 0 Å².